The van der Waals surface area contributed by atoms with Gasteiger partial charge in [-0.2, -0.15) is 0 Å². The maximum Gasteiger partial charge on any atom is 0.297 e. The summed E-state index contributed by atoms with van der Waals surface area (Å²) in [5, 5.41) is 0.134. The summed E-state index contributed by atoms with van der Waals surface area (Å²) in [6.07, 6.45) is 6.41. The fourth-order valence-corrected chi connectivity index (χ4v) is 2.42. The van der Waals surface area contributed by atoms with Crippen molar-refractivity contribution >= 4 is 11.6 Å². The van der Waals surface area contributed by atoms with E-state index in [9.17, 15) is 4.79 Å². The van der Waals surface area contributed by atoms with Gasteiger partial charge in [-0.15, -0.1) is 0 Å². The van der Waals surface area contributed by atoms with E-state index in [1.807, 2.05) is 0 Å². The molecule has 2 rings (SSSR count). The SMILES string of the molecule is COc1c(Cl)ncn(CC2CCCC2)c1=O. The Labute approximate surface area is 99.2 Å². The van der Waals surface area contributed by atoms with Crippen molar-refractivity contribution in [2.75, 3.05) is 7.11 Å². The molecule has 16 heavy (non-hydrogen) atoms. The number of ether oxygens (including phenoxy) is 1. The van der Waals surface area contributed by atoms with Gasteiger partial charge in [0, 0.05) is 6.54 Å². The van der Waals surface area contributed by atoms with Gasteiger partial charge in [-0.3, -0.25) is 9.36 Å². The van der Waals surface area contributed by atoms with E-state index in [-0.39, 0.29) is 16.5 Å². The molecule has 1 aromatic rings. The Morgan fingerprint density at radius 2 is 2.25 bits per heavy atom. The van der Waals surface area contributed by atoms with Crippen LogP contribution in [0, 0.1) is 5.92 Å². The molecule has 4 nitrogen and oxygen atoms in total. The van der Waals surface area contributed by atoms with E-state index in [1.165, 1.54) is 39.1 Å². The summed E-state index contributed by atoms with van der Waals surface area (Å²) in [6.45, 7) is 0.722. The third kappa shape index (κ3) is 2.21. The van der Waals surface area contributed by atoms with Crippen LogP contribution in [0.5, 0.6) is 5.75 Å². The predicted molar refractivity (Wildman–Crippen MR) is 62.0 cm³/mol. The summed E-state index contributed by atoms with van der Waals surface area (Å²) < 4.78 is 6.55. The summed E-state index contributed by atoms with van der Waals surface area (Å²) in [5.74, 6) is 0.729. The number of methoxy groups -OCH3 is 1. The third-order valence-corrected chi connectivity index (χ3v) is 3.36. The highest BCUT2D eigenvalue weighted by atomic mass is 35.5. The first-order valence-electron chi connectivity index (χ1n) is 5.51. The van der Waals surface area contributed by atoms with Gasteiger partial charge in [0.15, 0.2) is 5.15 Å². The van der Waals surface area contributed by atoms with Gasteiger partial charge < -0.3 is 4.74 Å². The third-order valence-electron chi connectivity index (χ3n) is 3.09. The molecule has 1 aliphatic carbocycles. The molecule has 0 spiro atoms. The van der Waals surface area contributed by atoms with Crippen molar-refractivity contribution in [1.82, 2.24) is 9.55 Å². The van der Waals surface area contributed by atoms with Crippen LogP contribution in [0.2, 0.25) is 5.15 Å². The summed E-state index contributed by atoms with van der Waals surface area (Å²) in [7, 11) is 1.43. The van der Waals surface area contributed by atoms with Gasteiger partial charge in [-0.1, -0.05) is 24.4 Å². The summed E-state index contributed by atoms with van der Waals surface area (Å²) >= 11 is 5.77. The maximum atomic E-state index is 11.9. The van der Waals surface area contributed by atoms with E-state index in [4.69, 9.17) is 16.3 Å². The Hall–Kier alpha value is -1.03. The lowest BCUT2D eigenvalue weighted by Gasteiger charge is -2.12. The number of halogens is 1. The second-order valence-corrected chi connectivity index (χ2v) is 4.53. The number of nitrogens with zero attached hydrogens (tertiary/aromatic N) is 2. The van der Waals surface area contributed by atoms with Gasteiger partial charge in [0.2, 0.25) is 5.75 Å². The van der Waals surface area contributed by atoms with Gasteiger partial charge in [0.25, 0.3) is 5.56 Å². The Morgan fingerprint density at radius 1 is 1.56 bits per heavy atom. The number of hydrogen-bond acceptors (Lipinski definition) is 3. The highest BCUT2D eigenvalue weighted by molar-refractivity contribution is 6.30. The molecular weight excluding hydrogens is 228 g/mol. The van der Waals surface area contributed by atoms with Crippen molar-refractivity contribution in [2.24, 2.45) is 5.92 Å². The molecule has 0 amide bonds. The lowest BCUT2D eigenvalue weighted by Crippen LogP contribution is -2.24. The van der Waals surface area contributed by atoms with Crippen molar-refractivity contribution in [3.63, 3.8) is 0 Å². The molecular formula is C11H15ClN2O2. The van der Waals surface area contributed by atoms with E-state index < -0.39 is 0 Å². The van der Waals surface area contributed by atoms with Crippen LogP contribution in [0.4, 0.5) is 0 Å². The minimum atomic E-state index is -0.186. The minimum absolute atomic E-state index is 0.134. The van der Waals surface area contributed by atoms with Gasteiger partial charge in [0.1, 0.15) is 0 Å². The maximum absolute atomic E-state index is 11.9. The Morgan fingerprint density at radius 3 is 2.88 bits per heavy atom. The van der Waals surface area contributed by atoms with Gasteiger partial charge >= 0.3 is 0 Å². The average molecular weight is 243 g/mol. The number of aromatic nitrogens is 2. The monoisotopic (exact) mass is 242 g/mol. The lowest BCUT2D eigenvalue weighted by molar-refractivity contribution is 0.387. The molecule has 0 atom stereocenters. The molecule has 0 radical (unpaired) electrons. The first kappa shape index (κ1) is 11.5. The van der Waals surface area contributed by atoms with Crippen LogP contribution < -0.4 is 10.3 Å². The molecule has 0 aliphatic heterocycles. The van der Waals surface area contributed by atoms with Crippen molar-refractivity contribution in [1.29, 1.82) is 0 Å². The fraction of sp³-hybridized carbons (Fsp3) is 0.636. The van der Waals surface area contributed by atoms with Crippen LogP contribution in [0.15, 0.2) is 11.1 Å². The highest BCUT2D eigenvalue weighted by Gasteiger charge is 2.18. The molecule has 0 unspecified atom stereocenters. The number of rotatable bonds is 3. The molecule has 1 aliphatic rings. The molecule has 0 bridgehead atoms. The van der Waals surface area contributed by atoms with E-state index in [2.05, 4.69) is 4.98 Å². The van der Waals surface area contributed by atoms with Crippen LogP contribution in [0.1, 0.15) is 25.7 Å². The Balaban J connectivity index is 2.24. The van der Waals surface area contributed by atoms with Crippen LogP contribution >= 0.6 is 11.6 Å². The van der Waals surface area contributed by atoms with Gasteiger partial charge in [-0.05, 0) is 18.8 Å². The quantitative estimate of drug-likeness (QED) is 0.763. The molecule has 1 aromatic heterocycles. The highest BCUT2D eigenvalue weighted by Crippen LogP contribution is 2.26. The van der Waals surface area contributed by atoms with Crippen molar-refractivity contribution in [3.05, 3.63) is 21.8 Å². The van der Waals surface area contributed by atoms with Gasteiger partial charge in [-0.25, -0.2) is 4.98 Å². The Bertz CT molecular complexity index is 424. The standard InChI is InChI=1S/C11H15ClN2O2/c1-16-9-10(12)13-7-14(11(9)15)6-8-4-2-3-5-8/h7-8H,2-6H2,1H3. The molecule has 0 saturated heterocycles. The summed E-state index contributed by atoms with van der Waals surface area (Å²) in [5.41, 5.74) is -0.186. The van der Waals surface area contributed by atoms with E-state index in [1.54, 1.807) is 4.57 Å². The molecule has 5 heteroatoms. The predicted octanol–water partition coefficient (Wildman–Crippen LogP) is 2.10. The van der Waals surface area contributed by atoms with E-state index in [0.29, 0.717) is 5.92 Å². The smallest absolute Gasteiger partial charge is 0.297 e. The molecule has 1 fully saturated rings. The summed E-state index contributed by atoms with van der Waals surface area (Å²) in [6, 6.07) is 0. The summed E-state index contributed by atoms with van der Waals surface area (Å²) in [4.78, 5) is 15.9. The van der Waals surface area contributed by atoms with Crippen molar-refractivity contribution in [3.8, 4) is 5.75 Å². The zero-order chi connectivity index (χ0) is 11.5. The van der Waals surface area contributed by atoms with Crippen molar-refractivity contribution < 1.29 is 4.74 Å². The van der Waals surface area contributed by atoms with Crippen LogP contribution in [0.3, 0.4) is 0 Å². The lowest BCUT2D eigenvalue weighted by atomic mass is 10.1. The van der Waals surface area contributed by atoms with Crippen molar-refractivity contribution in [2.45, 2.75) is 32.2 Å². The first-order valence-corrected chi connectivity index (χ1v) is 5.89. The fourth-order valence-electron chi connectivity index (χ4n) is 2.22. The first-order chi connectivity index (χ1) is 7.72. The van der Waals surface area contributed by atoms with Crippen LogP contribution in [-0.4, -0.2) is 16.7 Å². The molecule has 0 N–H and O–H groups in total. The molecule has 88 valence electrons. The van der Waals surface area contributed by atoms with E-state index in [0.717, 1.165) is 6.54 Å². The number of hydrogen-bond donors (Lipinski definition) is 0. The molecule has 1 heterocycles. The second-order valence-electron chi connectivity index (χ2n) is 4.18. The normalized spacial score (nSPS) is 16.6. The van der Waals surface area contributed by atoms with Crippen LogP contribution in [-0.2, 0) is 6.54 Å². The zero-order valence-corrected chi connectivity index (χ0v) is 10.0. The molecule has 1 saturated carbocycles. The Kier molecular flexibility index (Phi) is 3.49. The molecule has 0 aromatic carbocycles. The van der Waals surface area contributed by atoms with E-state index >= 15 is 0 Å². The zero-order valence-electron chi connectivity index (χ0n) is 9.28. The van der Waals surface area contributed by atoms with Gasteiger partial charge in [0.05, 0.1) is 13.4 Å². The second kappa shape index (κ2) is 4.87. The largest absolute Gasteiger partial charge is 0.489 e. The average Bonchev–Trinajstić information content (AvgIpc) is 2.76. The van der Waals surface area contributed by atoms with Crippen LogP contribution in [0.25, 0.3) is 0 Å². The minimum Gasteiger partial charge on any atom is -0.489 e. The topological polar surface area (TPSA) is 44.1 Å².